The van der Waals surface area contributed by atoms with Crippen molar-refractivity contribution in [1.82, 2.24) is 6.15 Å². The average Bonchev–Trinajstić information content (AvgIpc) is 2.39. The largest absolute Gasteiger partial charge is 0.344 e. The van der Waals surface area contributed by atoms with Gasteiger partial charge >= 0.3 is 0 Å². The normalized spacial score (nSPS) is 12.7. The van der Waals surface area contributed by atoms with E-state index in [1.165, 1.54) is 6.08 Å². The Morgan fingerprint density at radius 3 is 2.10 bits per heavy atom. The molecule has 1 atom stereocenters. The Kier molecular flexibility index (Phi) is 15.6. The highest BCUT2D eigenvalue weighted by Crippen LogP contribution is 2.13. The van der Waals surface area contributed by atoms with E-state index in [1.807, 2.05) is 0 Å². The van der Waals surface area contributed by atoms with E-state index in [4.69, 9.17) is 0 Å². The molecule has 0 aromatic heterocycles. The molecule has 0 amide bonds. The molecule has 0 aliphatic rings. The van der Waals surface area contributed by atoms with E-state index in [9.17, 15) is 17.2 Å². The maximum atomic E-state index is 13.5. The van der Waals surface area contributed by atoms with Crippen LogP contribution in [0, 0.1) is 0 Å². The first-order valence-electron chi connectivity index (χ1n) is 7.20. The molecular weight excluding hydrogens is 300 g/mol. The van der Waals surface area contributed by atoms with E-state index in [2.05, 4.69) is 10.8 Å². The highest BCUT2D eigenvalue weighted by molar-refractivity contribution is 7.86. The van der Waals surface area contributed by atoms with Crippen molar-refractivity contribution in [3.63, 3.8) is 0 Å². The molecule has 0 radical (unpaired) electrons. The van der Waals surface area contributed by atoms with Crippen molar-refractivity contribution < 1.29 is 21.4 Å². The van der Waals surface area contributed by atoms with E-state index in [1.54, 1.807) is 0 Å². The summed E-state index contributed by atoms with van der Waals surface area (Å²) >= 11 is 0. The molecule has 128 valence electrons. The minimum atomic E-state index is -3.78. The van der Waals surface area contributed by atoms with Gasteiger partial charge in [-0.2, -0.15) is 8.42 Å². The van der Waals surface area contributed by atoms with Crippen molar-refractivity contribution in [3.05, 3.63) is 12.7 Å². The van der Waals surface area contributed by atoms with E-state index in [-0.39, 0.29) is 25.9 Å². The zero-order valence-corrected chi connectivity index (χ0v) is 13.6. The van der Waals surface area contributed by atoms with E-state index in [0.717, 1.165) is 32.1 Å². The highest BCUT2D eigenvalue weighted by atomic mass is 32.2. The second kappa shape index (κ2) is 14.4. The predicted octanol–water partition coefficient (Wildman–Crippen LogP) is 4.11. The number of alkyl halides is 2. The Labute approximate surface area is 127 Å². The molecule has 0 aliphatic carbocycles. The van der Waals surface area contributed by atoms with Crippen LogP contribution in [0.25, 0.3) is 0 Å². The lowest BCUT2D eigenvalue weighted by atomic mass is 10.1. The van der Waals surface area contributed by atoms with Gasteiger partial charge in [-0.15, -0.1) is 6.58 Å². The van der Waals surface area contributed by atoms with Crippen LogP contribution in [-0.2, 0) is 14.3 Å². The Hall–Kier alpha value is -0.530. The van der Waals surface area contributed by atoms with Gasteiger partial charge in [-0.25, -0.2) is 4.39 Å². The zero-order valence-electron chi connectivity index (χ0n) is 12.7. The van der Waals surface area contributed by atoms with Gasteiger partial charge in [-0.3, -0.25) is 8.57 Å². The van der Waals surface area contributed by atoms with Crippen molar-refractivity contribution in [3.8, 4) is 0 Å². The molecule has 3 N–H and O–H groups in total. The smallest absolute Gasteiger partial charge is 0.270 e. The number of unbranched alkanes of at least 4 members (excludes halogenated alkanes) is 6. The molecule has 0 bridgehead atoms. The van der Waals surface area contributed by atoms with Crippen LogP contribution in [0.15, 0.2) is 12.7 Å². The molecule has 1 unspecified atom stereocenters. The molecule has 0 heterocycles. The molecule has 0 fully saturated rings. The van der Waals surface area contributed by atoms with Crippen LogP contribution in [0.3, 0.4) is 0 Å². The number of halogens is 2. The SMILES string of the molecule is C=CCOS(=O)(=O)CC(F)CCCCCCCCCF.N. The summed E-state index contributed by atoms with van der Waals surface area (Å²) < 4.78 is 52.4. The number of hydrogen-bond donors (Lipinski definition) is 1. The number of rotatable bonds is 14. The van der Waals surface area contributed by atoms with Gasteiger partial charge in [-0.1, -0.05) is 44.6 Å². The third-order valence-corrected chi connectivity index (χ3v) is 4.17. The summed E-state index contributed by atoms with van der Waals surface area (Å²) in [6, 6.07) is 0. The van der Waals surface area contributed by atoms with E-state index >= 15 is 0 Å². The molecule has 0 saturated carbocycles. The second-order valence-corrected chi connectivity index (χ2v) is 6.53. The highest BCUT2D eigenvalue weighted by Gasteiger charge is 2.18. The lowest BCUT2D eigenvalue weighted by Crippen LogP contribution is -2.19. The van der Waals surface area contributed by atoms with Crippen LogP contribution in [0.2, 0.25) is 0 Å². The third kappa shape index (κ3) is 15.7. The summed E-state index contributed by atoms with van der Waals surface area (Å²) in [6.07, 6.45) is 6.26. The Bertz CT molecular complexity index is 337. The van der Waals surface area contributed by atoms with Crippen LogP contribution >= 0.6 is 0 Å². The van der Waals surface area contributed by atoms with Crippen LogP contribution in [0.5, 0.6) is 0 Å². The number of hydrogen-bond acceptors (Lipinski definition) is 4. The van der Waals surface area contributed by atoms with Crippen molar-refractivity contribution >= 4 is 10.1 Å². The third-order valence-electron chi connectivity index (χ3n) is 2.90. The van der Waals surface area contributed by atoms with Gasteiger partial charge in [0.2, 0.25) is 0 Å². The van der Waals surface area contributed by atoms with Gasteiger partial charge in [-0.05, 0) is 12.8 Å². The fourth-order valence-corrected chi connectivity index (χ4v) is 2.86. The van der Waals surface area contributed by atoms with Crippen molar-refractivity contribution in [2.75, 3.05) is 19.0 Å². The average molecular weight is 329 g/mol. The summed E-state index contributed by atoms with van der Waals surface area (Å²) in [5, 5.41) is 0. The summed E-state index contributed by atoms with van der Waals surface area (Å²) in [4.78, 5) is 0. The minimum Gasteiger partial charge on any atom is -0.344 e. The predicted molar refractivity (Wildman–Crippen MR) is 82.8 cm³/mol. The van der Waals surface area contributed by atoms with Crippen molar-refractivity contribution in [1.29, 1.82) is 0 Å². The molecule has 7 heteroatoms. The molecule has 0 spiro atoms. The topological polar surface area (TPSA) is 78.4 Å². The zero-order chi connectivity index (χ0) is 15.3. The van der Waals surface area contributed by atoms with Gasteiger partial charge in [0.15, 0.2) is 0 Å². The van der Waals surface area contributed by atoms with Gasteiger partial charge < -0.3 is 6.15 Å². The lowest BCUT2D eigenvalue weighted by molar-refractivity contribution is 0.307. The standard InChI is InChI=1S/C14H26F2O3S.H3N/c1-2-12-19-20(17,18)13-14(16)10-8-6-4-3-5-7-9-11-15;/h2,14H,1,3-13H2;1H3. The Balaban J connectivity index is 0. The molecule has 0 aromatic carbocycles. The minimum absolute atomic E-state index is 0. The maximum absolute atomic E-state index is 13.5. The molecule has 21 heavy (non-hydrogen) atoms. The first-order valence-corrected chi connectivity index (χ1v) is 8.77. The van der Waals surface area contributed by atoms with Crippen molar-refractivity contribution in [2.24, 2.45) is 0 Å². The lowest BCUT2D eigenvalue weighted by Gasteiger charge is -2.08. The Morgan fingerprint density at radius 2 is 1.57 bits per heavy atom. The van der Waals surface area contributed by atoms with Gasteiger partial charge in [0.05, 0.1) is 13.3 Å². The fraction of sp³-hybridized carbons (Fsp3) is 0.857. The molecule has 0 rings (SSSR count). The quantitative estimate of drug-likeness (QED) is 0.295. The summed E-state index contributed by atoms with van der Waals surface area (Å²) in [5.41, 5.74) is 0. The summed E-state index contributed by atoms with van der Waals surface area (Å²) in [7, 11) is -3.78. The first-order chi connectivity index (χ1) is 9.52. The molecule has 0 saturated heterocycles. The first kappa shape index (κ1) is 22.7. The van der Waals surface area contributed by atoms with E-state index in [0.29, 0.717) is 12.8 Å². The van der Waals surface area contributed by atoms with Gasteiger partial charge in [0.25, 0.3) is 10.1 Å². The van der Waals surface area contributed by atoms with Crippen LogP contribution in [0.1, 0.15) is 51.4 Å². The monoisotopic (exact) mass is 329 g/mol. The van der Waals surface area contributed by atoms with Crippen molar-refractivity contribution in [2.45, 2.75) is 57.5 Å². The van der Waals surface area contributed by atoms with Gasteiger partial charge in [0.1, 0.15) is 11.9 Å². The van der Waals surface area contributed by atoms with Gasteiger partial charge in [0, 0.05) is 0 Å². The fourth-order valence-electron chi connectivity index (χ4n) is 1.85. The van der Waals surface area contributed by atoms with Crippen LogP contribution < -0.4 is 6.15 Å². The summed E-state index contributed by atoms with van der Waals surface area (Å²) in [6.45, 7) is 2.96. The molecular formula is C14H29F2NO3S. The molecule has 0 aromatic rings. The molecule has 0 aliphatic heterocycles. The maximum Gasteiger partial charge on any atom is 0.270 e. The summed E-state index contributed by atoms with van der Waals surface area (Å²) in [5.74, 6) is -0.586. The van der Waals surface area contributed by atoms with Crippen LogP contribution in [0.4, 0.5) is 8.78 Å². The second-order valence-electron chi connectivity index (χ2n) is 4.85. The van der Waals surface area contributed by atoms with Crippen LogP contribution in [-0.4, -0.2) is 33.6 Å². The van der Waals surface area contributed by atoms with E-state index < -0.39 is 22.0 Å². The Morgan fingerprint density at radius 1 is 1.05 bits per heavy atom. The molecule has 4 nitrogen and oxygen atoms in total.